The minimum atomic E-state index is 0.540. The Labute approximate surface area is 116 Å². The highest BCUT2D eigenvalue weighted by Crippen LogP contribution is 2.33. The van der Waals surface area contributed by atoms with Gasteiger partial charge in [0.2, 0.25) is 5.95 Å². The molecule has 4 nitrogen and oxygen atoms in total. The molecule has 1 aliphatic heterocycles. The summed E-state index contributed by atoms with van der Waals surface area (Å²) in [5.74, 6) is 1.20. The highest BCUT2D eigenvalue weighted by molar-refractivity contribution is 5.36. The summed E-state index contributed by atoms with van der Waals surface area (Å²) in [6, 6.07) is 1.76. The van der Waals surface area contributed by atoms with Crippen molar-refractivity contribution in [2.45, 2.75) is 64.6 Å². The molecule has 1 N–H and O–H groups in total. The van der Waals surface area contributed by atoms with Gasteiger partial charge in [0.1, 0.15) is 0 Å². The van der Waals surface area contributed by atoms with E-state index in [1.165, 1.54) is 31.6 Å². The van der Waals surface area contributed by atoms with Crippen LogP contribution >= 0.6 is 0 Å². The van der Waals surface area contributed by atoms with Crippen LogP contribution in [0.25, 0.3) is 0 Å². The molecule has 2 fully saturated rings. The third-order valence-electron chi connectivity index (χ3n) is 4.39. The predicted octanol–water partition coefficient (Wildman–Crippen LogP) is 2.49. The maximum atomic E-state index is 4.81. The first-order valence-electron chi connectivity index (χ1n) is 7.70. The molecule has 2 heterocycles. The van der Waals surface area contributed by atoms with Crippen molar-refractivity contribution in [3.05, 3.63) is 11.9 Å². The normalized spacial score (nSPS) is 29.1. The Hall–Kier alpha value is -1.03. The number of rotatable bonds is 2. The number of nitrogens with one attached hydrogen (secondary N) is 1. The fourth-order valence-corrected chi connectivity index (χ4v) is 3.68. The van der Waals surface area contributed by atoms with Gasteiger partial charge in [-0.1, -0.05) is 12.8 Å². The molecule has 1 aromatic heterocycles. The van der Waals surface area contributed by atoms with Gasteiger partial charge >= 0.3 is 0 Å². The van der Waals surface area contributed by atoms with E-state index in [9.17, 15) is 0 Å². The molecule has 1 saturated carbocycles. The molecule has 0 spiro atoms. The van der Waals surface area contributed by atoms with Crippen molar-refractivity contribution in [1.29, 1.82) is 0 Å². The molecular formula is C15H26N4. The molecule has 0 radical (unpaired) electrons. The minimum absolute atomic E-state index is 0.540. The van der Waals surface area contributed by atoms with Crippen molar-refractivity contribution < 1.29 is 0 Å². The molecule has 2 atom stereocenters. The van der Waals surface area contributed by atoms with Crippen LogP contribution in [0.2, 0.25) is 0 Å². The zero-order valence-corrected chi connectivity index (χ0v) is 12.4. The van der Waals surface area contributed by atoms with E-state index >= 15 is 0 Å². The van der Waals surface area contributed by atoms with Gasteiger partial charge in [-0.25, -0.2) is 4.98 Å². The lowest BCUT2D eigenvalue weighted by Gasteiger charge is -2.37. The van der Waals surface area contributed by atoms with Gasteiger partial charge in [0, 0.05) is 37.4 Å². The molecular weight excluding hydrogens is 236 g/mol. The Morgan fingerprint density at radius 3 is 2.42 bits per heavy atom. The highest BCUT2D eigenvalue weighted by atomic mass is 15.3. The first kappa shape index (κ1) is 13.0. The second kappa shape index (κ2) is 5.16. The van der Waals surface area contributed by atoms with Crippen LogP contribution < -0.4 is 10.2 Å². The molecule has 106 valence electrons. The fraction of sp³-hybridized carbons (Fsp3) is 0.800. The molecule has 2 unspecified atom stereocenters. The summed E-state index contributed by atoms with van der Waals surface area (Å²) in [4.78, 5) is 7.28. The van der Waals surface area contributed by atoms with Crippen molar-refractivity contribution in [3.8, 4) is 0 Å². The van der Waals surface area contributed by atoms with Gasteiger partial charge in [-0.3, -0.25) is 0 Å². The van der Waals surface area contributed by atoms with E-state index in [2.05, 4.69) is 41.8 Å². The lowest BCUT2D eigenvalue weighted by Crippen LogP contribution is -2.55. The second-order valence-corrected chi connectivity index (χ2v) is 6.40. The summed E-state index contributed by atoms with van der Waals surface area (Å²) in [6.07, 6.45) is 7.63. The molecule has 0 amide bonds. The van der Waals surface area contributed by atoms with Crippen LogP contribution in [-0.2, 0) is 0 Å². The molecule has 0 aromatic carbocycles. The van der Waals surface area contributed by atoms with Gasteiger partial charge in [-0.2, -0.15) is 0 Å². The minimum Gasteiger partial charge on any atom is -0.339 e. The van der Waals surface area contributed by atoms with Crippen LogP contribution in [0.5, 0.6) is 0 Å². The summed E-state index contributed by atoms with van der Waals surface area (Å²) in [5, 5.41) is 3.60. The zero-order chi connectivity index (χ0) is 13.4. The smallest absolute Gasteiger partial charge is 0.206 e. The van der Waals surface area contributed by atoms with Crippen molar-refractivity contribution in [3.63, 3.8) is 0 Å². The lowest BCUT2D eigenvalue weighted by atomic mass is 10.1. The van der Waals surface area contributed by atoms with E-state index in [4.69, 9.17) is 4.98 Å². The van der Waals surface area contributed by atoms with E-state index in [1.807, 2.05) is 0 Å². The largest absolute Gasteiger partial charge is 0.339 e. The van der Waals surface area contributed by atoms with Crippen LogP contribution in [0.4, 0.5) is 5.95 Å². The van der Waals surface area contributed by atoms with Gasteiger partial charge in [0.05, 0.1) is 5.69 Å². The van der Waals surface area contributed by atoms with Gasteiger partial charge in [-0.05, 0) is 33.6 Å². The number of anilines is 1. The lowest BCUT2D eigenvalue weighted by molar-refractivity contribution is 0.395. The third-order valence-corrected chi connectivity index (χ3v) is 4.39. The Balaban J connectivity index is 1.86. The summed E-state index contributed by atoms with van der Waals surface area (Å²) in [6.45, 7) is 8.77. The van der Waals surface area contributed by atoms with Crippen LogP contribution in [0.15, 0.2) is 6.20 Å². The summed E-state index contributed by atoms with van der Waals surface area (Å²) in [7, 11) is 0. The molecule has 4 heteroatoms. The average Bonchev–Trinajstić information content (AvgIpc) is 2.95. The summed E-state index contributed by atoms with van der Waals surface area (Å²) < 4.78 is 2.45. The molecule has 2 aliphatic rings. The van der Waals surface area contributed by atoms with Crippen LogP contribution in [-0.4, -0.2) is 34.7 Å². The standard InChI is InChI=1S/C15H26N4/c1-11-8-18(9-12(2)16-11)15-17-13(3)10-19(15)14-6-4-5-7-14/h10-12,14,16H,4-9H2,1-3H3. The number of piperazine rings is 1. The van der Waals surface area contributed by atoms with E-state index in [0.717, 1.165) is 18.8 Å². The zero-order valence-electron chi connectivity index (χ0n) is 12.4. The van der Waals surface area contributed by atoms with E-state index in [-0.39, 0.29) is 0 Å². The van der Waals surface area contributed by atoms with E-state index in [1.54, 1.807) is 0 Å². The molecule has 1 aromatic rings. The quantitative estimate of drug-likeness (QED) is 0.889. The maximum Gasteiger partial charge on any atom is 0.206 e. The van der Waals surface area contributed by atoms with Crippen molar-refractivity contribution in [1.82, 2.24) is 14.9 Å². The molecule has 3 rings (SSSR count). The SMILES string of the molecule is Cc1cn(C2CCCC2)c(N2CC(C)NC(C)C2)n1. The van der Waals surface area contributed by atoms with Gasteiger partial charge in [-0.15, -0.1) is 0 Å². The fourth-order valence-electron chi connectivity index (χ4n) is 3.68. The van der Waals surface area contributed by atoms with Gasteiger partial charge in [0.15, 0.2) is 0 Å². The number of hydrogen-bond acceptors (Lipinski definition) is 3. The average molecular weight is 262 g/mol. The third kappa shape index (κ3) is 2.64. The van der Waals surface area contributed by atoms with E-state index < -0.39 is 0 Å². The second-order valence-electron chi connectivity index (χ2n) is 6.40. The van der Waals surface area contributed by atoms with Crippen LogP contribution in [0, 0.1) is 6.92 Å². The topological polar surface area (TPSA) is 33.1 Å². The Morgan fingerprint density at radius 2 is 1.79 bits per heavy atom. The summed E-state index contributed by atoms with van der Waals surface area (Å²) in [5.41, 5.74) is 1.15. The molecule has 0 bridgehead atoms. The molecule has 1 aliphatic carbocycles. The van der Waals surface area contributed by atoms with Crippen LogP contribution in [0.3, 0.4) is 0 Å². The first-order chi connectivity index (χ1) is 9.13. The predicted molar refractivity (Wildman–Crippen MR) is 78.7 cm³/mol. The summed E-state index contributed by atoms with van der Waals surface area (Å²) >= 11 is 0. The number of hydrogen-bond donors (Lipinski definition) is 1. The number of nitrogens with zero attached hydrogens (tertiary/aromatic N) is 3. The first-order valence-corrected chi connectivity index (χ1v) is 7.70. The number of imidazole rings is 1. The maximum absolute atomic E-state index is 4.81. The molecule has 19 heavy (non-hydrogen) atoms. The van der Waals surface area contributed by atoms with Gasteiger partial charge in [0.25, 0.3) is 0 Å². The Kier molecular flexibility index (Phi) is 3.52. The van der Waals surface area contributed by atoms with Crippen molar-refractivity contribution in [2.24, 2.45) is 0 Å². The monoisotopic (exact) mass is 262 g/mol. The molecule has 1 saturated heterocycles. The van der Waals surface area contributed by atoms with E-state index in [0.29, 0.717) is 18.1 Å². The highest BCUT2D eigenvalue weighted by Gasteiger charge is 2.27. The Bertz CT molecular complexity index is 423. The number of aryl methyl sites for hydroxylation is 1. The van der Waals surface area contributed by atoms with Crippen molar-refractivity contribution >= 4 is 5.95 Å². The van der Waals surface area contributed by atoms with Gasteiger partial charge < -0.3 is 14.8 Å². The Morgan fingerprint density at radius 1 is 1.16 bits per heavy atom. The van der Waals surface area contributed by atoms with Crippen LogP contribution in [0.1, 0.15) is 51.3 Å². The van der Waals surface area contributed by atoms with Crippen molar-refractivity contribution in [2.75, 3.05) is 18.0 Å². The number of aromatic nitrogens is 2.